The third kappa shape index (κ3) is 2.98. The number of nitrogens with zero attached hydrogens (tertiary/aromatic N) is 1. The first kappa shape index (κ1) is 12.3. The Morgan fingerprint density at radius 3 is 2.00 bits per heavy atom. The van der Waals surface area contributed by atoms with Gasteiger partial charge >= 0.3 is 0 Å². The molecule has 0 N–H and O–H groups in total. The second-order valence-corrected chi connectivity index (χ2v) is 4.84. The third-order valence-corrected chi connectivity index (χ3v) is 3.09. The molecule has 0 amide bonds. The van der Waals surface area contributed by atoms with E-state index < -0.39 is 0 Å². The van der Waals surface area contributed by atoms with Gasteiger partial charge < -0.3 is 4.42 Å². The summed E-state index contributed by atoms with van der Waals surface area (Å²) in [5, 5.41) is 1.04. The van der Waals surface area contributed by atoms with Gasteiger partial charge in [-0.05, 0) is 40.9 Å². The molecule has 4 rings (SSSR count). The van der Waals surface area contributed by atoms with Crippen molar-refractivity contribution in [3.8, 4) is 22.4 Å². The van der Waals surface area contributed by atoms with Gasteiger partial charge in [0.25, 0.3) is 5.35 Å². The van der Waals surface area contributed by atoms with Gasteiger partial charge in [0.15, 0.2) is 0 Å². The molecule has 0 bridgehead atoms. The predicted octanol–water partition coefficient (Wildman–Crippen LogP) is 5.32. The zero-order chi connectivity index (χ0) is 13.2. The van der Waals surface area contributed by atoms with E-state index in [2.05, 4.69) is 11.1 Å². The van der Waals surface area contributed by atoms with Gasteiger partial charge in [-0.1, -0.05) is 41.9 Å². The van der Waals surface area contributed by atoms with Crippen molar-refractivity contribution in [2.75, 3.05) is 0 Å². The average Bonchev–Trinajstić information content (AvgIpc) is 2.85. The van der Waals surface area contributed by atoms with Gasteiger partial charge in [-0.15, -0.1) is 0 Å². The van der Waals surface area contributed by atoms with Gasteiger partial charge in [-0.2, -0.15) is 4.98 Å². The monoisotopic (exact) mass is 289 g/mol. The SMILES string of the molecule is Clc1cc2cc-2c1.Clc1nc(-c2ccccc2)co1. The first-order valence-electron chi connectivity index (χ1n) is 5.70. The Morgan fingerprint density at radius 1 is 0.842 bits per heavy atom. The summed E-state index contributed by atoms with van der Waals surface area (Å²) < 4.78 is 4.87. The van der Waals surface area contributed by atoms with E-state index in [0.717, 1.165) is 16.3 Å². The first-order chi connectivity index (χ1) is 9.22. The van der Waals surface area contributed by atoms with Crippen molar-refractivity contribution >= 4 is 23.2 Å². The molecule has 94 valence electrons. The fourth-order valence-electron chi connectivity index (χ4n) is 1.71. The summed E-state index contributed by atoms with van der Waals surface area (Å²) in [5.74, 6) is 0. The molecule has 0 saturated carbocycles. The lowest BCUT2D eigenvalue weighted by molar-refractivity contribution is 0.560. The normalized spacial score (nSPS) is 10.6. The number of aromatic nitrogens is 1. The fraction of sp³-hybridized carbons (Fsp3) is 0. The maximum atomic E-state index is 5.58. The van der Waals surface area contributed by atoms with Crippen LogP contribution in [-0.4, -0.2) is 4.98 Å². The van der Waals surface area contributed by atoms with E-state index in [1.54, 1.807) is 0 Å². The van der Waals surface area contributed by atoms with E-state index in [1.807, 2.05) is 42.5 Å². The van der Waals surface area contributed by atoms with Crippen LogP contribution in [0.2, 0.25) is 10.4 Å². The number of hydrogen-bond donors (Lipinski definition) is 0. The lowest BCUT2D eigenvalue weighted by Crippen LogP contribution is -1.74. The topological polar surface area (TPSA) is 26.0 Å². The van der Waals surface area contributed by atoms with Gasteiger partial charge in [-0.25, -0.2) is 0 Å². The van der Waals surface area contributed by atoms with Gasteiger partial charge in [0.1, 0.15) is 12.0 Å². The van der Waals surface area contributed by atoms with E-state index in [0.29, 0.717) is 0 Å². The standard InChI is InChI=1S/C9H6ClNO.C6H3Cl/c10-9-11-8(6-12-9)7-4-2-1-3-5-7;7-6-2-4-1-5(4)3-6/h1-6H;1-3H. The Kier molecular flexibility index (Phi) is 3.28. The van der Waals surface area contributed by atoms with E-state index in [4.69, 9.17) is 27.6 Å². The highest BCUT2D eigenvalue weighted by atomic mass is 35.5. The zero-order valence-corrected chi connectivity index (χ0v) is 11.3. The summed E-state index contributed by atoms with van der Waals surface area (Å²) in [6.07, 6.45) is 1.54. The fourth-order valence-corrected chi connectivity index (χ4v) is 2.08. The number of hydrogen-bond acceptors (Lipinski definition) is 2. The Bertz CT molecular complexity index is 687. The number of rotatable bonds is 1. The molecule has 0 fully saturated rings. The molecule has 2 aromatic rings. The maximum Gasteiger partial charge on any atom is 0.292 e. The lowest BCUT2D eigenvalue weighted by Gasteiger charge is -1.91. The maximum absolute atomic E-state index is 5.58. The molecule has 1 heterocycles. The Balaban J connectivity index is 0.000000132. The van der Waals surface area contributed by atoms with Crippen LogP contribution in [0, 0.1) is 0 Å². The van der Waals surface area contributed by atoms with E-state index in [1.165, 1.54) is 17.4 Å². The minimum Gasteiger partial charge on any atom is -0.436 e. The number of halogens is 2. The molecule has 0 aliphatic heterocycles. The van der Waals surface area contributed by atoms with Crippen molar-refractivity contribution in [3.63, 3.8) is 0 Å². The van der Waals surface area contributed by atoms with Crippen LogP contribution >= 0.6 is 23.2 Å². The minimum absolute atomic E-state index is 0.175. The molecule has 4 heteroatoms. The third-order valence-electron chi connectivity index (χ3n) is 2.69. The first-order valence-corrected chi connectivity index (χ1v) is 6.45. The minimum atomic E-state index is 0.175. The van der Waals surface area contributed by atoms with Crippen LogP contribution in [0.3, 0.4) is 0 Å². The highest BCUT2D eigenvalue weighted by Crippen LogP contribution is 2.37. The summed E-state index contributed by atoms with van der Waals surface area (Å²) in [6.45, 7) is 0. The Hall–Kier alpha value is -1.77. The predicted molar refractivity (Wildman–Crippen MR) is 77.4 cm³/mol. The van der Waals surface area contributed by atoms with E-state index >= 15 is 0 Å². The molecule has 0 spiro atoms. The van der Waals surface area contributed by atoms with Crippen LogP contribution in [0.5, 0.6) is 0 Å². The highest BCUT2D eigenvalue weighted by Gasteiger charge is 2.11. The summed E-state index contributed by atoms with van der Waals surface area (Å²) in [7, 11) is 0. The van der Waals surface area contributed by atoms with Gasteiger partial charge in [-0.3, -0.25) is 0 Å². The van der Waals surface area contributed by atoms with Crippen molar-refractivity contribution < 1.29 is 4.42 Å². The second-order valence-electron chi connectivity index (χ2n) is 4.08. The van der Waals surface area contributed by atoms with Crippen LogP contribution in [0.25, 0.3) is 22.4 Å². The number of fused-ring (bicyclic) bond motifs is 1. The summed E-state index contributed by atoms with van der Waals surface area (Å²) in [6, 6.07) is 15.8. The lowest BCUT2D eigenvalue weighted by atomic mass is 10.2. The zero-order valence-electron chi connectivity index (χ0n) is 9.81. The Labute approximate surface area is 120 Å². The molecule has 2 aliphatic rings. The number of oxazole rings is 1. The molecule has 1 aromatic carbocycles. The van der Waals surface area contributed by atoms with Gasteiger partial charge in [0.05, 0.1) is 0 Å². The quantitative estimate of drug-likeness (QED) is 0.474. The smallest absolute Gasteiger partial charge is 0.292 e. The van der Waals surface area contributed by atoms with Crippen LogP contribution in [0.1, 0.15) is 0 Å². The van der Waals surface area contributed by atoms with E-state index in [-0.39, 0.29) is 5.35 Å². The second kappa shape index (κ2) is 5.08. The van der Waals surface area contributed by atoms with E-state index in [9.17, 15) is 0 Å². The molecular weight excluding hydrogens is 281 g/mol. The summed E-state index contributed by atoms with van der Waals surface area (Å²) in [5.41, 5.74) is 4.39. The molecular formula is C15H9Cl2NO. The average molecular weight is 290 g/mol. The van der Waals surface area contributed by atoms with Crippen molar-refractivity contribution in [2.24, 2.45) is 0 Å². The van der Waals surface area contributed by atoms with Gasteiger partial charge in [0, 0.05) is 10.6 Å². The molecule has 2 aliphatic carbocycles. The van der Waals surface area contributed by atoms with Crippen LogP contribution in [0.4, 0.5) is 0 Å². The van der Waals surface area contributed by atoms with Crippen molar-refractivity contribution in [3.05, 3.63) is 65.2 Å². The molecule has 0 unspecified atom stereocenters. The van der Waals surface area contributed by atoms with Crippen molar-refractivity contribution in [2.45, 2.75) is 0 Å². The van der Waals surface area contributed by atoms with Crippen molar-refractivity contribution in [1.29, 1.82) is 0 Å². The Morgan fingerprint density at radius 2 is 1.53 bits per heavy atom. The summed E-state index contributed by atoms with van der Waals surface area (Å²) >= 11 is 11.1. The van der Waals surface area contributed by atoms with Crippen LogP contribution in [-0.2, 0) is 0 Å². The molecule has 2 nitrogen and oxygen atoms in total. The molecule has 0 atom stereocenters. The molecule has 1 aromatic heterocycles. The molecule has 0 radical (unpaired) electrons. The van der Waals surface area contributed by atoms with Gasteiger partial charge in [0.2, 0.25) is 0 Å². The summed E-state index contributed by atoms with van der Waals surface area (Å²) in [4.78, 5) is 3.98. The largest absolute Gasteiger partial charge is 0.436 e. The van der Waals surface area contributed by atoms with Crippen LogP contribution < -0.4 is 0 Å². The molecule has 19 heavy (non-hydrogen) atoms. The molecule has 0 saturated heterocycles. The highest BCUT2D eigenvalue weighted by molar-refractivity contribution is 6.32. The van der Waals surface area contributed by atoms with Crippen LogP contribution in [0.15, 0.2) is 59.2 Å². The van der Waals surface area contributed by atoms with Crippen molar-refractivity contribution in [1.82, 2.24) is 4.98 Å². The number of benzene rings is 2.